The summed E-state index contributed by atoms with van der Waals surface area (Å²) in [6, 6.07) is 68.7. The summed E-state index contributed by atoms with van der Waals surface area (Å²) in [5.41, 5.74) is 22.4. The minimum absolute atomic E-state index is 0.444. The Bertz CT molecular complexity index is 3220. The summed E-state index contributed by atoms with van der Waals surface area (Å²) in [6.07, 6.45) is 10.4. The second-order valence-electron chi connectivity index (χ2n) is 17.5. The predicted octanol–water partition coefficient (Wildman–Crippen LogP) is 14.0. The van der Waals surface area contributed by atoms with Crippen molar-refractivity contribution in [3.63, 3.8) is 0 Å². The third-order valence-corrected chi connectivity index (χ3v) is 14.0. The summed E-state index contributed by atoms with van der Waals surface area (Å²) in [5.74, 6) is 0.689. The maximum atomic E-state index is 4.50. The Morgan fingerprint density at radius 1 is 0.485 bits per heavy atom. The van der Waals surface area contributed by atoms with Crippen LogP contribution in [0.15, 0.2) is 239 Å². The highest BCUT2D eigenvalue weighted by molar-refractivity contribution is 6.01. The summed E-state index contributed by atoms with van der Waals surface area (Å²) in [5, 5.41) is 0. The minimum Gasteiger partial charge on any atom is -0.296 e. The van der Waals surface area contributed by atoms with Crippen LogP contribution in [0.4, 0.5) is 0 Å². The van der Waals surface area contributed by atoms with Crippen molar-refractivity contribution in [2.75, 3.05) is 0 Å². The van der Waals surface area contributed by atoms with Crippen LogP contribution in [0.25, 0.3) is 22.3 Å². The Morgan fingerprint density at radius 3 is 1.65 bits per heavy atom. The molecular weight excluding hydrogens is 799 g/mol. The van der Waals surface area contributed by atoms with Gasteiger partial charge in [0.25, 0.3) is 0 Å². The van der Waals surface area contributed by atoms with Crippen LogP contribution in [0.1, 0.15) is 72.3 Å². The lowest BCUT2D eigenvalue weighted by Gasteiger charge is -2.49. The molecule has 0 aromatic heterocycles. The highest BCUT2D eigenvalue weighted by atomic mass is 14.9. The zero-order valence-corrected chi connectivity index (χ0v) is 37.0. The zero-order chi connectivity index (χ0) is 44.7. The van der Waals surface area contributed by atoms with Gasteiger partial charge in [-0.05, 0) is 115 Å². The van der Waals surface area contributed by atoms with Crippen molar-refractivity contribution in [3.05, 3.63) is 297 Å². The average Bonchev–Trinajstić information content (AvgIpc) is 3.86. The molecule has 3 heteroatoms. The molecule has 0 fully saturated rings. The van der Waals surface area contributed by atoms with Crippen molar-refractivity contribution in [2.24, 2.45) is 15.0 Å². The second kappa shape index (κ2) is 16.8. The Kier molecular flexibility index (Phi) is 10.4. The van der Waals surface area contributed by atoms with E-state index < -0.39 is 10.8 Å². The van der Waals surface area contributed by atoms with Crippen LogP contribution < -0.4 is 0 Å². The van der Waals surface area contributed by atoms with E-state index in [4.69, 9.17) is 0 Å². The van der Waals surface area contributed by atoms with Gasteiger partial charge < -0.3 is 0 Å². The van der Waals surface area contributed by atoms with Crippen molar-refractivity contribution < 1.29 is 0 Å². The number of fused-ring (bicyclic) bond motifs is 18. The fraction of sp³-hybridized carbons (Fsp3) is 0.0952. The summed E-state index contributed by atoms with van der Waals surface area (Å²) < 4.78 is 0. The van der Waals surface area contributed by atoms with Gasteiger partial charge in [0.1, 0.15) is 0 Å². The Balaban J connectivity index is 0.000000239. The van der Waals surface area contributed by atoms with E-state index >= 15 is 0 Å². The van der Waals surface area contributed by atoms with Crippen LogP contribution >= 0.6 is 0 Å². The highest BCUT2D eigenvalue weighted by Gasteiger charge is 2.59. The van der Waals surface area contributed by atoms with Gasteiger partial charge in [0.05, 0.1) is 23.9 Å². The van der Waals surface area contributed by atoms with Crippen LogP contribution in [0.2, 0.25) is 0 Å². The first kappa shape index (κ1) is 40.7. The number of hydrogen-bond acceptors (Lipinski definition) is 2. The van der Waals surface area contributed by atoms with Crippen molar-refractivity contribution in [1.29, 1.82) is 0 Å². The van der Waals surface area contributed by atoms with Crippen molar-refractivity contribution in [3.8, 4) is 22.3 Å². The molecule has 8 aromatic rings. The molecule has 12 rings (SSSR count). The summed E-state index contributed by atoms with van der Waals surface area (Å²) in [4.78, 5) is 12.8. The number of benzene rings is 8. The molecule has 0 heterocycles. The number of aliphatic imine (C=N–C) groups is 3. The normalized spacial score (nSPS) is 16.0. The van der Waals surface area contributed by atoms with Crippen LogP contribution in [0.3, 0.4) is 0 Å². The van der Waals surface area contributed by atoms with Gasteiger partial charge >= 0.3 is 0 Å². The summed E-state index contributed by atoms with van der Waals surface area (Å²) >= 11 is 0. The van der Waals surface area contributed by atoms with E-state index in [2.05, 4.69) is 199 Å². The fourth-order valence-corrected chi connectivity index (χ4v) is 11.5. The van der Waals surface area contributed by atoms with Crippen LogP contribution in [0, 0.1) is 0 Å². The molecule has 0 aliphatic heterocycles. The van der Waals surface area contributed by atoms with E-state index in [0.29, 0.717) is 18.9 Å². The molecule has 0 atom stereocenters. The van der Waals surface area contributed by atoms with Gasteiger partial charge in [-0.15, -0.1) is 0 Å². The molecule has 2 spiro atoms. The first-order valence-corrected chi connectivity index (χ1v) is 22.8. The lowest BCUT2D eigenvalue weighted by molar-refractivity contribution is 0.632. The van der Waals surface area contributed by atoms with E-state index in [1.54, 1.807) is 0 Å². The first-order chi connectivity index (χ1) is 32.6. The maximum Gasteiger partial charge on any atom is 0.154 e. The Labute approximate surface area is 388 Å². The lowest BCUT2D eigenvalue weighted by atomic mass is 9.52. The second-order valence-corrected chi connectivity index (χ2v) is 17.5. The minimum atomic E-state index is -0.521. The topological polar surface area (TPSA) is 37.1 Å². The average molecular weight is 848 g/mol. The van der Waals surface area contributed by atoms with Gasteiger partial charge in [-0.1, -0.05) is 225 Å². The van der Waals surface area contributed by atoms with E-state index in [-0.39, 0.29) is 0 Å². The molecule has 0 amide bonds. The van der Waals surface area contributed by atoms with Gasteiger partial charge in [-0.25, -0.2) is 4.99 Å². The van der Waals surface area contributed by atoms with Crippen LogP contribution in [-0.4, -0.2) is 19.3 Å². The third-order valence-electron chi connectivity index (χ3n) is 14.0. The van der Waals surface area contributed by atoms with Gasteiger partial charge in [0.15, 0.2) is 5.84 Å². The Hall–Kier alpha value is -8.01. The number of nitrogens with zero attached hydrogens (tertiary/aromatic N) is 3. The van der Waals surface area contributed by atoms with Gasteiger partial charge in [0.2, 0.25) is 0 Å². The smallest absolute Gasteiger partial charge is 0.154 e. The molecule has 0 N–H and O–H groups in total. The summed E-state index contributed by atoms with van der Waals surface area (Å²) in [6.45, 7) is 13.2. The molecule has 0 radical (unpaired) electrons. The summed E-state index contributed by atoms with van der Waals surface area (Å²) in [7, 11) is 0. The zero-order valence-electron chi connectivity index (χ0n) is 37.0. The molecule has 0 saturated carbocycles. The fourth-order valence-electron chi connectivity index (χ4n) is 11.5. The quantitative estimate of drug-likeness (QED) is 0.122. The number of hydrogen-bond donors (Lipinski definition) is 0. The van der Waals surface area contributed by atoms with Gasteiger partial charge in [-0.3, -0.25) is 9.98 Å². The van der Waals surface area contributed by atoms with Gasteiger partial charge in [0, 0.05) is 5.56 Å². The monoisotopic (exact) mass is 847 g/mol. The predicted molar refractivity (Wildman–Crippen MR) is 275 cm³/mol. The molecular formula is C63H49N3. The van der Waals surface area contributed by atoms with E-state index in [1.807, 2.05) is 48.5 Å². The number of allylic oxidation sites excluding steroid dienone is 5. The first-order valence-electron chi connectivity index (χ1n) is 22.8. The SMILES string of the molecule is C=NC(=NCc1ccccc1)c1ccccc1.C=NCc1ccc2c(c1)C1(c3ccccc3C3(c4ccccc4-c4ccccc43)c3ccccc31)c1ccc3c(c1-2)CC(=C)/C=C\C=C/C3. The molecule has 3 nitrogen and oxygen atoms in total. The highest BCUT2D eigenvalue weighted by Crippen LogP contribution is 2.67. The van der Waals surface area contributed by atoms with Crippen LogP contribution in [-0.2, 0) is 36.8 Å². The molecule has 0 unspecified atom stereocenters. The lowest BCUT2D eigenvalue weighted by Crippen LogP contribution is -2.43. The largest absolute Gasteiger partial charge is 0.296 e. The van der Waals surface area contributed by atoms with Crippen molar-refractivity contribution in [2.45, 2.75) is 36.8 Å². The Morgan fingerprint density at radius 2 is 1.05 bits per heavy atom. The van der Waals surface area contributed by atoms with Crippen LogP contribution in [0.5, 0.6) is 0 Å². The van der Waals surface area contributed by atoms with E-state index in [0.717, 1.165) is 24.0 Å². The van der Waals surface area contributed by atoms with Crippen molar-refractivity contribution >= 4 is 19.3 Å². The van der Waals surface area contributed by atoms with Crippen molar-refractivity contribution in [1.82, 2.24) is 0 Å². The van der Waals surface area contributed by atoms with E-state index in [9.17, 15) is 0 Å². The van der Waals surface area contributed by atoms with E-state index in [1.165, 1.54) is 89.0 Å². The maximum absolute atomic E-state index is 4.50. The molecule has 4 aliphatic carbocycles. The third kappa shape index (κ3) is 6.30. The molecule has 8 aromatic carbocycles. The molecule has 0 saturated heterocycles. The number of rotatable bonds is 5. The van der Waals surface area contributed by atoms with Gasteiger partial charge in [-0.2, -0.15) is 0 Å². The molecule has 316 valence electrons. The number of amidine groups is 1. The standard InChI is InChI=1S/C48H35N.C15H14N2/c1-31-14-4-3-5-15-33-25-27-44-46(37(33)28-31)36-26-24-32(30-49-2)29-45(36)48(44)42-22-12-10-20-40(42)47(41-21-11-13-23-43(41)48)38-18-8-6-16-34(38)35-17-7-9-19-39(35)47;1-16-15(14-10-6-3-7-11-14)17-12-13-8-4-2-5-9-13/h3-14,16-27,29H,1-2,15,28,30H2;2-11H,1,12H2/b5-3-,14-4-;. The molecule has 0 bridgehead atoms. The molecule has 4 aliphatic rings. The molecule has 66 heavy (non-hydrogen) atoms.